The SMILES string of the molecule is [B]C([B])([B])Oc1ncnc(OC([B])([B])[B])c1Br. The van der Waals surface area contributed by atoms with Crippen LogP contribution in [0.2, 0.25) is 0 Å². The molecule has 12 radical (unpaired) electrons. The molecule has 0 saturated carbocycles. The summed E-state index contributed by atoms with van der Waals surface area (Å²) in [4.78, 5) is 7.46. The molecule has 4 nitrogen and oxygen atoms in total. The summed E-state index contributed by atoms with van der Waals surface area (Å²) in [6.07, 6.45) is 1.10. The molecule has 0 aliphatic heterocycles. The van der Waals surface area contributed by atoms with Crippen molar-refractivity contribution in [3.8, 4) is 11.8 Å². The molecule has 0 atom stereocenters. The molecule has 1 rings (SSSR count). The Labute approximate surface area is 116 Å². The zero-order valence-corrected chi connectivity index (χ0v) is 10.2. The first kappa shape index (κ1) is 14.6. The lowest BCUT2D eigenvalue weighted by Gasteiger charge is -2.26. The average molecular weight is 278 g/mol. The van der Waals surface area contributed by atoms with E-state index in [-0.39, 0.29) is 16.2 Å². The van der Waals surface area contributed by atoms with Crippen molar-refractivity contribution >= 4 is 63.0 Å². The molecule has 0 unspecified atom stereocenters. The van der Waals surface area contributed by atoms with Crippen molar-refractivity contribution < 1.29 is 9.47 Å². The van der Waals surface area contributed by atoms with E-state index in [1.807, 2.05) is 0 Å². The maximum atomic E-state index is 5.25. The second-order valence-corrected chi connectivity index (χ2v) is 4.00. The fraction of sp³-hybridized carbons (Fsp3) is 0.333. The molecule has 1 heterocycles. The van der Waals surface area contributed by atoms with Crippen LogP contribution in [0.4, 0.5) is 0 Å². The molecule has 17 heavy (non-hydrogen) atoms. The Morgan fingerprint density at radius 3 is 1.53 bits per heavy atom. The molecule has 0 N–H and O–H groups in total. The molecule has 0 aromatic carbocycles. The molecule has 0 amide bonds. The molecule has 0 fully saturated rings. The van der Waals surface area contributed by atoms with E-state index in [4.69, 9.17) is 56.6 Å². The molecular weight excluding hydrogens is 277 g/mol. The van der Waals surface area contributed by atoms with E-state index in [1.54, 1.807) is 0 Å². The molecular formula is C6HB6BrN2O2. The van der Waals surface area contributed by atoms with Crippen LogP contribution in [0.3, 0.4) is 0 Å². The van der Waals surface area contributed by atoms with Crippen LogP contribution in [-0.2, 0) is 0 Å². The maximum Gasteiger partial charge on any atom is 0.233 e. The summed E-state index contributed by atoms with van der Waals surface area (Å²) in [6, 6.07) is 0. The van der Waals surface area contributed by atoms with Crippen molar-refractivity contribution in [1.82, 2.24) is 9.97 Å². The van der Waals surface area contributed by atoms with Crippen LogP contribution in [0, 0.1) is 0 Å². The van der Waals surface area contributed by atoms with E-state index in [2.05, 4.69) is 25.9 Å². The van der Waals surface area contributed by atoms with Gasteiger partial charge in [-0.05, 0) is 26.5 Å². The van der Waals surface area contributed by atoms with Crippen LogP contribution < -0.4 is 9.47 Å². The van der Waals surface area contributed by atoms with E-state index >= 15 is 0 Å². The van der Waals surface area contributed by atoms with Gasteiger partial charge in [0, 0.05) is 0 Å². The van der Waals surface area contributed by atoms with Crippen LogP contribution in [0.5, 0.6) is 11.8 Å². The van der Waals surface area contributed by atoms with Gasteiger partial charge in [-0.2, -0.15) is 0 Å². The minimum Gasteiger partial charge on any atom is -0.500 e. The molecule has 11 heteroatoms. The molecule has 1 aromatic heterocycles. The number of rotatable bonds is 4. The summed E-state index contributed by atoms with van der Waals surface area (Å²) in [5.41, 5.74) is 0. The average Bonchev–Trinajstić information content (AvgIpc) is 2.07. The molecule has 0 aliphatic rings. The Morgan fingerprint density at radius 1 is 0.882 bits per heavy atom. The van der Waals surface area contributed by atoms with E-state index in [0.717, 1.165) is 6.33 Å². The Balaban J connectivity index is 3.00. The number of aromatic nitrogens is 2. The monoisotopic (exact) mass is 278 g/mol. The van der Waals surface area contributed by atoms with Gasteiger partial charge in [0.25, 0.3) is 0 Å². The zero-order chi connectivity index (χ0) is 13.3. The smallest absolute Gasteiger partial charge is 0.233 e. The van der Waals surface area contributed by atoms with Gasteiger partial charge < -0.3 is 9.47 Å². The van der Waals surface area contributed by atoms with Gasteiger partial charge in [-0.1, -0.05) is 0 Å². The van der Waals surface area contributed by atoms with Gasteiger partial charge in [-0.25, -0.2) is 9.97 Å². The molecule has 0 spiro atoms. The number of nitrogens with zero attached hydrogens (tertiary/aromatic N) is 2. The number of ether oxygens (including phenoxy) is 2. The van der Waals surface area contributed by atoms with E-state index in [1.165, 1.54) is 0 Å². The Kier molecular flexibility index (Phi) is 4.33. The van der Waals surface area contributed by atoms with Gasteiger partial charge in [0.1, 0.15) is 57.9 Å². The lowest BCUT2D eigenvalue weighted by Crippen LogP contribution is -2.39. The third-order valence-corrected chi connectivity index (χ3v) is 1.95. The summed E-state index contributed by atoms with van der Waals surface area (Å²) in [5.74, 6) is -0.0986. The summed E-state index contributed by atoms with van der Waals surface area (Å²) >= 11 is 3.08. The fourth-order valence-corrected chi connectivity index (χ4v) is 1.18. The van der Waals surface area contributed by atoms with Crippen molar-refractivity contribution in [1.29, 1.82) is 0 Å². The predicted octanol–water partition coefficient (Wildman–Crippen LogP) is -1.77. The molecule has 0 bridgehead atoms. The van der Waals surface area contributed by atoms with Crippen molar-refractivity contribution in [2.75, 3.05) is 0 Å². The van der Waals surface area contributed by atoms with Gasteiger partial charge in [0.05, 0.1) is 0 Å². The van der Waals surface area contributed by atoms with E-state index < -0.39 is 10.6 Å². The third-order valence-electron chi connectivity index (χ3n) is 1.27. The first-order chi connectivity index (χ1) is 7.58. The van der Waals surface area contributed by atoms with Gasteiger partial charge in [-0.15, -0.1) is 0 Å². The van der Waals surface area contributed by atoms with Crippen LogP contribution in [0.15, 0.2) is 10.8 Å². The van der Waals surface area contributed by atoms with E-state index in [9.17, 15) is 0 Å². The first-order valence-corrected chi connectivity index (χ1v) is 4.99. The summed E-state index contributed by atoms with van der Waals surface area (Å²) < 4.78 is 10.0. The van der Waals surface area contributed by atoms with Gasteiger partial charge in [0.15, 0.2) is 0 Å². The highest BCUT2D eigenvalue weighted by Gasteiger charge is 2.20. The lowest BCUT2D eigenvalue weighted by molar-refractivity contribution is 0.280. The van der Waals surface area contributed by atoms with Crippen molar-refractivity contribution in [3.05, 3.63) is 10.8 Å². The molecule has 72 valence electrons. The number of hydrogen-bond acceptors (Lipinski definition) is 4. The minimum absolute atomic E-state index is 0.0493. The Bertz CT molecular complexity index is 372. The summed E-state index contributed by atoms with van der Waals surface area (Å²) in [5, 5.41) is -3.81. The van der Waals surface area contributed by atoms with Crippen LogP contribution in [0.1, 0.15) is 0 Å². The highest BCUT2D eigenvalue weighted by molar-refractivity contribution is 9.10. The quantitative estimate of drug-likeness (QED) is 0.611. The van der Waals surface area contributed by atoms with Crippen LogP contribution in [0.25, 0.3) is 0 Å². The summed E-state index contributed by atoms with van der Waals surface area (Å²) in [6.45, 7) is 0. The van der Waals surface area contributed by atoms with Crippen LogP contribution in [-0.4, -0.2) is 67.6 Å². The molecule has 0 saturated heterocycles. The maximum absolute atomic E-state index is 5.25. The van der Waals surface area contributed by atoms with E-state index in [0.29, 0.717) is 0 Å². The second-order valence-electron chi connectivity index (χ2n) is 3.21. The Morgan fingerprint density at radius 2 is 1.24 bits per heavy atom. The topological polar surface area (TPSA) is 44.2 Å². The highest BCUT2D eigenvalue weighted by Crippen LogP contribution is 2.32. The standard InChI is InChI=1S/C6HB6BrN2O2/c7-5(8,9)16-3-2(13)4(15-1-14-3)17-6(10,11)12/h1H. The van der Waals surface area contributed by atoms with Crippen molar-refractivity contribution in [2.45, 2.75) is 10.6 Å². The highest BCUT2D eigenvalue weighted by atomic mass is 79.9. The first-order valence-electron chi connectivity index (χ1n) is 4.20. The van der Waals surface area contributed by atoms with Gasteiger partial charge in [-0.3, -0.25) is 0 Å². The van der Waals surface area contributed by atoms with Gasteiger partial charge >= 0.3 is 0 Å². The van der Waals surface area contributed by atoms with Crippen LogP contribution >= 0.6 is 15.9 Å². The predicted molar refractivity (Wildman–Crippen MR) is 71.0 cm³/mol. The molecule has 0 aliphatic carbocycles. The zero-order valence-electron chi connectivity index (χ0n) is 8.63. The summed E-state index contributed by atoms with van der Waals surface area (Å²) in [7, 11) is 31.5. The Hall–Kier alpha value is -0.450. The molecule has 1 aromatic rings. The minimum atomic E-state index is -1.90. The number of halogens is 1. The number of hydrogen-bond donors (Lipinski definition) is 0. The normalized spacial score (nSPS) is 12.1. The van der Waals surface area contributed by atoms with Crippen molar-refractivity contribution in [2.24, 2.45) is 0 Å². The van der Waals surface area contributed by atoms with Crippen molar-refractivity contribution in [3.63, 3.8) is 0 Å². The third kappa shape index (κ3) is 5.15. The second kappa shape index (κ2) is 5.04. The largest absolute Gasteiger partial charge is 0.500 e. The lowest BCUT2D eigenvalue weighted by atomic mass is 9.52. The fourth-order valence-electron chi connectivity index (χ4n) is 0.816. The van der Waals surface area contributed by atoms with Gasteiger partial charge in [0.2, 0.25) is 11.8 Å².